The summed E-state index contributed by atoms with van der Waals surface area (Å²) in [5.74, 6) is 0. The van der Waals surface area contributed by atoms with E-state index in [0.717, 1.165) is 10.9 Å². The predicted octanol–water partition coefficient (Wildman–Crippen LogP) is 3.95. The van der Waals surface area contributed by atoms with Crippen molar-refractivity contribution in [3.05, 3.63) is 35.4 Å². The fourth-order valence-corrected chi connectivity index (χ4v) is 1.84. The molecule has 100 valence electrons. The minimum Gasteiger partial charge on any atom is -0.444 e. The fraction of sp³-hybridized carbons (Fsp3) is 0.500. The minimum absolute atomic E-state index is 0.299. The fourth-order valence-electron chi connectivity index (χ4n) is 1.49. The second-order valence-corrected chi connectivity index (χ2v) is 5.85. The number of amides is 1. The van der Waals surface area contributed by atoms with Gasteiger partial charge in [-0.15, -0.1) is 0 Å². The van der Waals surface area contributed by atoms with Crippen molar-refractivity contribution in [1.82, 2.24) is 4.90 Å². The summed E-state index contributed by atoms with van der Waals surface area (Å²) in [5.41, 5.74) is 1.84. The molecule has 0 spiro atoms. The van der Waals surface area contributed by atoms with E-state index in [0.29, 0.717) is 6.54 Å². The van der Waals surface area contributed by atoms with Crippen molar-refractivity contribution in [3.8, 4) is 0 Å². The Morgan fingerprint density at radius 2 is 1.94 bits per heavy atom. The number of carbonyl (C=O) groups is 1. The maximum absolute atomic E-state index is 11.8. The number of hydrogen-bond acceptors (Lipinski definition) is 2. The van der Waals surface area contributed by atoms with Crippen molar-refractivity contribution in [2.75, 3.05) is 7.05 Å². The first-order chi connectivity index (χ1) is 8.31. The first-order valence-corrected chi connectivity index (χ1v) is 7.02. The number of halogens is 1. The van der Waals surface area contributed by atoms with Gasteiger partial charge in [0.15, 0.2) is 0 Å². The summed E-state index contributed by atoms with van der Waals surface area (Å²) in [5, 5.41) is 0.816. The van der Waals surface area contributed by atoms with Gasteiger partial charge in [0.2, 0.25) is 0 Å². The van der Waals surface area contributed by atoms with Crippen molar-refractivity contribution in [1.29, 1.82) is 0 Å². The minimum atomic E-state index is -0.455. The van der Waals surface area contributed by atoms with Gasteiger partial charge in [-0.2, -0.15) is 0 Å². The molecule has 0 fully saturated rings. The zero-order valence-electron chi connectivity index (χ0n) is 11.4. The molecule has 0 atom stereocenters. The van der Waals surface area contributed by atoms with E-state index in [1.54, 1.807) is 11.9 Å². The molecule has 18 heavy (non-hydrogen) atoms. The van der Waals surface area contributed by atoms with Crippen molar-refractivity contribution in [2.45, 2.75) is 38.2 Å². The van der Waals surface area contributed by atoms with Gasteiger partial charge in [-0.1, -0.05) is 40.2 Å². The van der Waals surface area contributed by atoms with Gasteiger partial charge in [-0.25, -0.2) is 4.79 Å². The SMILES string of the molecule is CN(Cc1cccc(CBr)c1)C(=O)OC(C)(C)C. The highest BCUT2D eigenvalue weighted by atomic mass is 79.9. The molecular weight excluding hydrogens is 294 g/mol. The molecular formula is C14H20BrNO2. The van der Waals surface area contributed by atoms with E-state index in [1.165, 1.54) is 5.56 Å². The van der Waals surface area contributed by atoms with Gasteiger partial charge in [0.05, 0.1) is 0 Å². The van der Waals surface area contributed by atoms with Gasteiger partial charge < -0.3 is 9.64 Å². The number of carbonyl (C=O) groups excluding carboxylic acids is 1. The van der Waals surface area contributed by atoms with Crippen molar-refractivity contribution < 1.29 is 9.53 Å². The Kier molecular flexibility index (Phi) is 5.20. The lowest BCUT2D eigenvalue weighted by Gasteiger charge is -2.24. The van der Waals surface area contributed by atoms with Gasteiger partial charge in [-0.3, -0.25) is 0 Å². The largest absolute Gasteiger partial charge is 0.444 e. The molecule has 0 aliphatic rings. The van der Waals surface area contributed by atoms with Crippen molar-refractivity contribution in [2.24, 2.45) is 0 Å². The van der Waals surface area contributed by atoms with E-state index < -0.39 is 5.60 Å². The van der Waals surface area contributed by atoms with E-state index in [1.807, 2.05) is 39.0 Å². The van der Waals surface area contributed by atoms with E-state index in [2.05, 4.69) is 22.0 Å². The van der Waals surface area contributed by atoms with Crippen molar-refractivity contribution >= 4 is 22.0 Å². The van der Waals surface area contributed by atoms with Gasteiger partial charge in [0.1, 0.15) is 5.60 Å². The third kappa shape index (κ3) is 5.08. The van der Waals surface area contributed by atoms with E-state index in [9.17, 15) is 4.79 Å². The molecule has 1 rings (SSSR count). The summed E-state index contributed by atoms with van der Waals surface area (Å²) >= 11 is 3.42. The Hall–Kier alpha value is -1.03. The summed E-state index contributed by atoms with van der Waals surface area (Å²) in [4.78, 5) is 13.4. The first kappa shape index (κ1) is 15.0. The summed E-state index contributed by atoms with van der Waals surface area (Å²) in [6, 6.07) is 8.13. The van der Waals surface area contributed by atoms with Crippen LogP contribution < -0.4 is 0 Å². The van der Waals surface area contributed by atoms with E-state index >= 15 is 0 Å². The van der Waals surface area contributed by atoms with Gasteiger partial charge in [-0.05, 0) is 31.9 Å². The van der Waals surface area contributed by atoms with Crippen LogP contribution in [0.3, 0.4) is 0 Å². The molecule has 4 heteroatoms. The molecule has 1 amide bonds. The summed E-state index contributed by atoms with van der Waals surface area (Å²) in [7, 11) is 1.74. The highest BCUT2D eigenvalue weighted by molar-refractivity contribution is 9.08. The van der Waals surface area contributed by atoms with Crippen LogP contribution >= 0.6 is 15.9 Å². The Morgan fingerprint density at radius 3 is 2.50 bits per heavy atom. The highest BCUT2D eigenvalue weighted by Gasteiger charge is 2.19. The maximum Gasteiger partial charge on any atom is 0.410 e. The number of ether oxygens (including phenoxy) is 1. The molecule has 0 radical (unpaired) electrons. The molecule has 0 unspecified atom stereocenters. The van der Waals surface area contributed by atoms with Crippen LogP contribution in [0.2, 0.25) is 0 Å². The zero-order chi connectivity index (χ0) is 13.8. The molecule has 0 aromatic heterocycles. The van der Waals surface area contributed by atoms with Crippen LogP contribution in [0.25, 0.3) is 0 Å². The maximum atomic E-state index is 11.8. The molecule has 0 aliphatic heterocycles. The monoisotopic (exact) mass is 313 g/mol. The number of hydrogen-bond donors (Lipinski definition) is 0. The van der Waals surface area contributed by atoms with Crippen LogP contribution in [0.15, 0.2) is 24.3 Å². The lowest BCUT2D eigenvalue weighted by atomic mass is 10.1. The third-order valence-corrected chi connectivity index (χ3v) is 2.92. The zero-order valence-corrected chi connectivity index (χ0v) is 13.0. The quantitative estimate of drug-likeness (QED) is 0.791. The topological polar surface area (TPSA) is 29.5 Å². The van der Waals surface area contributed by atoms with E-state index in [-0.39, 0.29) is 6.09 Å². The molecule has 1 aromatic carbocycles. The molecule has 0 N–H and O–H groups in total. The lowest BCUT2D eigenvalue weighted by Crippen LogP contribution is -2.33. The van der Waals surface area contributed by atoms with Gasteiger partial charge >= 0.3 is 6.09 Å². The number of alkyl halides is 1. The smallest absolute Gasteiger partial charge is 0.410 e. The Bertz CT molecular complexity index is 413. The normalized spacial score (nSPS) is 11.2. The van der Waals surface area contributed by atoms with E-state index in [4.69, 9.17) is 4.74 Å². The Labute approximate surface area is 117 Å². The number of rotatable bonds is 3. The van der Waals surface area contributed by atoms with Crippen LogP contribution in [0, 0.1) is 0 Å². The molecule has 0 aliphatic carbocycles. The molecule has 0 heterocycles. The third-order valence-electron chi connectivity index (χ3n) is 2.27. The van der Waals surface area contributed by atoms with Gasteiger partial charge in [0, 0.05) is 18.9 Å². The van der Waals surface area contributed by atoms with Crippen LogP contribution in [-0.2, 0) is 16.6 Å². The van der Waals surface area contributed by atoms with Crippen LogP contribution in [0.5, 0.6) is 0 Å². The lowest BCUT2D eigenvalue weighted by molar-refractivity contribution is 0.0285. The predicted molar refractivity (Wildman–Crippen MR) is 76.8 cm³/mol. The molecule has 0 bridgehead atoms. The average Bonchev–Trinajstić information content (AvgIpc) is 2.27. The standard InChI is InChI=1S/C14H20BrNO2/c1-14(2,3)18-13(17)16(4)10-12-7-5-6-11(8-12)9-15/h5-8H,9-10H2,1-4H3. The summed E-state index contributed by atoms with van der Waals surface area (Å²) in [6.07, 6.45) is -0.299. The van der Waals surface area contributed by atoms with Crippen LogP contribution in [0.4, 0.5) is 4.79 Å². The van der Waals surface area contributed by atoms with Crippen LogP contribution in [0.1, 0.15) is 31.9 Å². The summed E-state index contributed by atoms with van der Waals surface area (Å²) < 4.78 is 5.31. The second-order valence-electron chi connectivity index (χ2n) is 5.29. The average molecular weight is 314 g/mol. The molecule has 0 saturated heterocycles. The molecule has 0 saturated carbocycles. The number of benzene rings is 1. The van der Waals surface area contributed by atoms with Gasteiger partial charge in [0.25, 0.3) is 0 Å². The molecule has 1 aromatic rings. The van der Waals surface area contributed by atoms with Crippen molar-refractivity contribution in [3.63, 3.8) is 0 Å². The highest BCUT2D eigenvalue weighted by Crippen LogP contribution is 2.13. The Morgan fingerprint density at radius 1 is 1.33 bits per heavy atom. The van der Waals surface area contributed by atoms with Crippen LogP contribution in [-0.4, -0.2) is 23.6 Å². The summed E-state index contributed by atoms with van der Waals surface area (Å²) in [6.45, 7) is 6.15. The second kappa shape index (κ2) is 6.23. The Balaban J connectivity index is 2.63. The first-order valence-electron chi connectivity index (χ1n) is 5.90. The number of nitrogens with zero attached hydrogens (tertiary/aromatic N) is 1. The molecule has 3 nitrogen and oxygen atoms in total.